The van der Waals surface area contributed by atoms with Crippen molar-refractivity contribution in [1.82, 2.24) is 0 Å². The van der Waals surface area contributed by atoms with E-state index < -0.39 is 0 Å². The highest BCUT2D eigenvalue weighted by atomic mass is 16.5. The van der Waals surface area contributed by atoms with Crippen molar-refractivity contribution < 1.29 is 9.47 Å². The van der Waals surface area contributed by atoms with Crippen LogP contribution < -0.4 is 15.4 Å². The van der Waals surface area contributed by atoms with Gasteiger partial charge in [-0.2, -0.15) is 0 Å². The molecular weight excluding hydrogens is 240 g/mol. The Bertz CT molecular complexity index is 405. The lowest BCUT2D eigenvalue weighted by Crippen LogP contribution is -2.24. The number of hydrogen-bond donors (Lipinski definition) is 1. The average molecular weight is 264 g/mol. The summed E-state index contributed by atoms with van der Waals surface area (Å²) in [4.78, 5) is 2.12. The Labute approximate surface area is 115 Å². The van der Waals surface area contributed by atoms with Crippen LogP contribution >= 0.6 is 0 Å². The molecule has 0 aliphatic heterocycles. The van der Waals surface area contributed by atoms with Gasteiger partial charge in [0.15, 0.2) is 0 Å². The molecule has 106 valence electrons. The molecule has 4 nitrogen and oxygen atoms in total. The Morgan fingerprint density at radius 2 is 2.16 bits per heavy atom. The lowest BCUT2D eigenvalue weighted by Gasteiger charge is -2.22. The van der Waals surface area contributed by atoms with E-state index in [1.165, 1.54) is 12.8 Å². The highest BCUT2D eigenvalue weighted by Gasteiger charge is 2.21. The minimum atomic E-state index is 0.627. The maximum atomic E-state index is 6.13. The minimum absolute atomic E-state index is 0.627. The highest BCUT2D eigenvalue weighted by Crippen LogP contribution is 2.31. The smallest absolute Gasteiger partial charge is 0.144 e. The molecule has 0 amide bonds. The van der Waals surface area contributed by atoms with E-state index in [0.29, 0.717) is 12.3 Å². The SMILES string of the molecule is CCOc1cccc(N(C)CCOCC2CC2)c1N. The largest absolute Gasteiger partial charge is 0.492 e. The van der Waals surface area contributed by atoms with Gasteiger partial charge in [0.25, 0.3) is 0 Å². The number of nitrogen functional groups attached to an aromatic ring is 1. The van der Waals surface area contributed by atoms with Crippen molar-refractivity contribution in [1.29, 1.82) is 0 Å². The van der Waals surface area contributed by atoms with E-state index in [1.54, 1.807) is 0 Å². The summed E-state index contributed by atoms with van der Waals surface area (Å²) in [5, 5.41) is 0. The topological polar surface area (TPSA) is 47.7 Å². The van der Waals surface area contributed by atoms with E-state index >= 15 is 0 Å². The number of para-hydroxylation sites is 1. The third-order valence-corrected chi connectivity index (χ3v) is 3.38. The number of nitrogens with two attached hydrogens (primary N) is 1. The molecule has 0 atom stereocenters. The second kappa shape index (κ2) is 6.66. The van der Waals surface area contributed by atoms with E-state index in [9.17, 15) is 0 Å². The number of anilines is 2. The van der Waals surface area contributed by atoms with E-state index in [1.807, 2.05) is 32.2 Å². The Morgan fingerprint density at radius 1 is 1.37 bits per heavy atom. The van der Waals surface area contributed by atoms with Crippen LogP contribution in [0.3, 0.4) is 0 Å². The van der Waals surface area contributed by atoms with Gasteiger partial charge in [-0.15, -0.1) is 0 Å². The van der Waals surface area contributed by atoms with Crippen LogP contribution in [0.15, 0.2) is 18.2 Å². The summed E-state index contributed by atoms with van der Waals surface area (Å²) in [6.45, 7) is 5.07. The minimum Gasteiger partial charge on any atom is -0.492 e. The Kier molecular flexibility index (Phi) is 4.91. The molecule has 1 aliphatic rings. The van der Waals surface area contributed by atoms with Crippen LogP contribution in [-0.2, 0) is 4.74 Å². The molecular formula is C15H24N2O2. The predicted octanol–water partition coefficient (Wildman–Crippen LogP) is 2.53. The van der Waals surface area contributed by atoms with Gasteiger partial charge in [0, 0.05) is 20.2 Å². The Balaban J connectivity index is 1.85. The summed E-state index contributed by atoms with van der Waals surface area (Å²) in [6.07, 6.45) is 2.67. The molecule has 1 aromatic rings. The van der Waals surface area contributed by atoms with Gasteiger partial charge in [0.05, 0.1) is 24.6 Å². The summed E-state index contributed by atoms with van der Waals surface area (Å²) in [5.41, 5.74) is 7.83. The fourth-order valence-corrected chi connectivity index (χ4v) is 2.00. The van der Waals surface area contributed by atoms with E-state index in [-0.39, 0.29) is 0 Å². The second-order valence-corrected chi connectivity index (χ2v) is 5.06. The first-order chi connectivity index (χ1) is 9.22. The molecule has 0 spiro atoms. The number of likely N-dealkylation sites (N-methyl/N-ethyl adjacent to an activating group) is 1. The number of nitrogens with zero attached hydrogens (tertiary/aromatic N) is 1. The lowest BCUT2D eigenvalue weighted by molar-refractivity contribution is 0.131. The molecule has 0 bridgehead atoms. The van der Waals surface area contributed by atoms with Crippen LogP contribution in [0.1, 0.15) is 19.8 Å². The third-order valence-electron chi connectivity index (χ3n) is 3.38. The van der Waals surface area contributed by atoms with Crippen LogP contribution in [-0.4, -0.2) is 33.4 Å². The molecule has 0 unspecified atom stereocenters. The molecule has 2 N–H and O–H groups in total. The fourth-order valence-electron chi connectivity index (χ4n) is 2.00. The molecule has 0 saturated heterocycles. The number of ether oxygens (including phenoxy) is 2. The maximum absolute atomic E-state index is 6.13. The summed E-state index contributed by atoms with van der Waals surface area (Å²) in [6, 6.07) is 5.89. The van der Waals surface area contributed by atoms with Gasteiger partial charge < -0.3 is 20.1 Å². The van der Waals surface area contributed by atoms with Crippen molar-refractivity contribution in [3.8, 4) is 5.75 Å². The summed E-state index contributed by atoms with van der Waals surface area (Å²) >= 11 is 0. The van der Waals surface area contributed by atoms with Crippen LogP contribution in [0.2, 0.25) is 0 Å². The number of hydrogen-bond acceptors (Lipinski definition) is 4. The van der Waals surface area contributed by atoms with Crippen LogP contribution in [0.5, 0.6) is 5.75 Å². The number of rotatable bonds is 8. The first-order valence-corrected chi connectivity index (χ1v) is 7.02. The van der Waals surface area contributed by atoms with Gasteiger partial charge in [-0.25, -0.2) is 0 Å². The Hall–Kier alpha value is -1.42. The second-order valence-electron chi connectivity index (χ2n) is 5.06. The molecule has 1 aliphatic carbocycles. The van der Waals surface area contributed by atoms with Crippen LogP contribution in [0.25, 0.3) is 0 Å². The summed E-state index contributed by atoms with van der Waals surface area (Å²) in [7, 11) is 2.03. The summed E-state index contributed by atoms with van der Waals surface area (Å²) < 4.78 is 11.2. The highest BCUT2D eigenvalue weighted by molar-refractivity contribution is 5.73. The van der Waals surface area contributed by atoms with Crippen molar-refractivity contribution in [3.63, 3.8) is 0 Å². The van der Waals surface area contributed by atoms with Gasteiger partial charge in [0.2, 0.25) is 0 Å². The molecule has 1 fully saturated rings. The average Bonchev–Trinajstić information content (AvgIpc) is 3.21. The van der Waals surface area contributed by atoms with Gasteiger partial charge in [-0.1, -0.05) is 6.07 Å². The predicted molar refractivity (Wildman–Crippen MR) is 78.8 cm³/mol. The molecule has 0 aromatic heterocycles. The Morgan fingerprint density at radius 3 is 2.84 bits per heavy atom. The van der Waals surface area contributed by atoms with Crippen LogP contribution in [0, 0.1) is 5.92 Å². The van der Waals surface area contributed by atoms with Crippen LogP contribution in [0.4, 0.5) is 11.4 Å². The lowest BCUT2D eigenvalue weighted by atomic mass is 10.2. The number of benzene rings is 1. The van der Waals surface area contributed by atoms with Crippen molar-refractivity contribution in [2.75, 3.05) is 44.0 Å². The zero-order valence-corrected chi connectivity index (χ0v) is 11.9. The zero-order chi connectivity index (χ0) is 13.7. The van der Waals surface area contributed by atoms with Crippen molar-refractivity contribution in [3.05, 3.63) is 18.2 Å². The maximum Gasteiger partial charge on any atom is 0.144 e. The van der Waals surface area contributed by atoms with Crippen molar-refractivity contribution in [2.45, 2.75) is 19.8 Å². The molecule has 19 heavy (non-hydrogen) atoms. The van der Waals surface area contributed by atoms with E-state index in [2.05, 4.69) is 4.90 Å². The first-order valence-electron chi connectivity index (χ1n) is 7.02. The molecule has 0 heterocycles. The van der Waals surface area contributed by atoms with Crippen molar-refractivity contribution in [2.24, 2.45) is 5.92 Å². The molecule has 2 rings (SSSR count). The zero-order valence-electron chi connectivity index (χ0n) is 11.9. The molecule has 4 heteroatoms. The molecule has 1 aromatic carbocycles. The van der Waals surface area contributed by atoms with Crippen molar-refractivity contribution >= 4 is 11.4 Å². The standard InChI is InChI=1S/C15H24N2O2/c1-3-19-14-6-4-5-13(15(14)16)17(2)9-10-18-11-12-7-8-12/h4-6,12H,3,7-11,16H2,1-2H3. The summed E-state index contributed by atoms with van der Waals surface area (Å²) in [5.74, 6) is 1.57. The van der Waals surface area contributed by atoms with E-state index in [0.717, 1.165) is 37.1 Å². The van der Waals surface area contributed by atoms with E-state index in [4.69, 9.17) is 15.2 Å². The van der Waals surface area contributed by atoms with Gasteiger partial charge in [-0.3, -0.25) is 0 Å². The molecule has 0 radical (unpaired) electrons. The quantitative estimate of drug-likeness (QED) is 0.579. The van der Waals surface area contributed by atoms with Gasteiger partial charge in [0.1, 0.15) is 5.75 Å². The first kappa shape index (κ1) is 14.0. The van der Waals surface area contributed by atoms with Gasteiger partial charge >= 0.3 is 0 Å². The molecule has 1 saturated carbocycles. The normalized spacial score (nSPS) is 14.4. The van der Waals surface area contributed by atoms with Gasteiger partial charge in [-0.05, 0) is 37.8 Å². The third kappa shape index (κ3) is 4.03. The monoisotopic (exact) mass is 264 g/mol. The fraction of sp³-hybridized carbons (Fsp3) is 0.600.